The van der Waals surface area contributed by atoms with Crippen molar-refractivity contribution >= 4 is 40.7 Å². The zero-order valence-corrected chi connectivity index (χ0v) is 21.7. The lowest BCUT2D eigenvalue weighted by atomic mass is 9.68. The molecular weight excluding hydrogens is 495 g/mol. The topological polar surface area (TPSA) is 57.7 Å². The number of hydrogen-bond donors (Lipinski definition) is 0. The SMILES string of the molecule is CN(C)C(=O)CN1CC(C(=O)c2ccccc2)C(c2cc(Cl)cc(Cl)c2)C(C(=O)c2ccccc2)C1. The van der Waals surface area contributed by atoms with Crippen LogP contribution in [0.4, 0.5) is 0 Å². The number of ketones is 2. The van der Waals surface area contributed by atoms with E-state index in [0.29, 0.717) is 34.3 Å². The summed E-state index contributed by atoms with van der Waals surface area (Å²) in [5.41, 5.74) is 1.87. The molecule has 1 saturated heterocycles. The molecule has 1 aliphatic rings. The number of amides is 1. The second kappa shape index (κ2) is 11.4. The van der Waals surface area contributed by atoms with E-state index in [-0.39, 0.29) is 24.0 Å². The van der Waals surface area contributed by atoms with E-state index in [9.17, 15) is 14.4 Å². The van der Waals surface area contributed by atoms with Gasteiger partial charge in [0.05, 0.1) is 6.54 Å². The first-order valence-electron chi connectivity index (χ1n) is 11.8. The van der Waals surface area contributed by atoms with Gasteiger partial charge in [0.1, 0.15) is 0 Å². The number of carbonyl (C=O) groups is 3. The van der Waals surface area contributed by atoms with E-state index in [1.54, 1.807) is 56.6 Å². The Morgan fingerprint density at radius 2 is 1.22 bits per heavy atom. The van der Waals surface area contributed by atoms with Crippen LogP contribution in [0.25, 0.3) is 0 Å². The van der Waals surface area contributed by atoms with E-state index in [4.69, 9.17) is 23.2 Å². The number of likely N-dealkylation sites (N-methyl/N-ethyl adjacent to an activating group) is 1. The van der Waals surface area contributed by atoms with Crippen LogP contribution in [0.3, 0.4) is 0 Å². The quantitative estimate of drug-likeness (QED) is 0.385. The van der Waals surface area contributed by atoms with E-state index >= 15 is 0 Å². The number of halogens is 2. The zero-order valence-electron chi connectivity index (χ0n) is 20.2. The first-order chi connectivity index (χ1) is 17.2. The molecule has 2 atom stereocenters. The number of Topliss-reactive ketones (excluding diaryl/α,β-unsaturated/α-hetero) is 2. The van der Waals surface area contributed by atoms with Crippen molar-refractivity contribution in [3.8, 4) is 0 Å². The van der Waals surface area contributed by atoms with Gasteiger partial charge in [-0.25, -0.2) is 0 Å². The van der Waals surface area contributed by atoms with Gasteiger partial charge in [-0.2, -0.15) is 0 Å². The highest BCUT2D eigenvalue weighted by molar-refractivity contribution is 6.34. The molecule has 1 heterocycles. The third kappa shape index (κ3) is 5.86. The molecule has 1 fully saturated rings. The molecule has 0 saturated carbocycles. The molecular formula is C29H28Cl2N2O3. The summed E-state index contributed by atoms with van der Waals surface area (Å²) in [7, 11) is 3.39. The van der Waals surface area contributed by atoms with E-state index in [1.807, 2.05) is 41.3 Å². The van der Waals surface area contributed by atoms with E-state index in [1.165, 1.54) is 4.90 Å². The molecule has 0 spiro atoms. The van der Waals surface area contributed by atoms with E-state index in [2.05, 4.69) is 0 Å². The van der Waals surface area contributed by atoms with E-state index in [0.717, 1.165) is 5.56 Å². The lowest BCUT2D eigenvalue weighted by Gasteiger charge is -2.43. The smallest absolute Gasteiger partial charge is 0.236 e. The van der Waals surface area contributed by atoms with Crippen molar-refractivity contribution in [1.82, 2.24) is 9.80 Å². The molecule has 5 nitrogen and oxygen atoms in total. The standard InChI is InChI=1S/C29H28Cl2N2O3/c1-32(2)26(34)18-33-16-24(28(35)19-9-5-3-6-10-19)27(21-13-22(30)15-23(31)14-21)25(17-33)29(36)20-11-7-4-8-12-20/h3-15,24-25,27H,16-18H2,1-2H3. The molecule has 0 N–H and O–H groups in total. The van der Waals surface area contributed by atoms with Gasteiger partial charge >= 0.3 is 0 Å². The van der Waals surface area contributed by atoms with Gasteiger partial charge in [0.2, 0.25) is 5.91 Å². The summed E-state index contributed by atoms with van der Waals surface area (Å²) in [6.45, 7) is 0.786. The minimum absolute atomic E-state index is 0.0791. The van der Waals surface area contributed by atoms with Crippen molar-refractivity contribution in [2.75, 3.05) is 33.7 Å². The number of benzene rings is 3. The predicted octanol–water partition coefficient (Wildman–Crippen LogP) is 5.48. The average molecular weight is 523 g/mol. The number of rotatable bonds is 7. The first kappa shape index (κ1) is 26.1. The van der Waals surface area contributed by atoms with Gasteiger partial charge in [-0.1, -0.05) is 83.9 Å². The summed E-state index contributed by atoms with van der Waals surface area (Å²) in [6, 6.07) is 23.3. The Morgan fingerprint density at radius 3 is 1.64 bits per heavy atom. The van der Waals surface area contributed by atoms with Crippen LogP contribution in [0.15, 0.2) is 78.9 Å². The van der Waals surface area contributed by atoms with Crippen LogP contribution in [0.5, 0.6) is 0 Å². The second-order valence-corrected chi connectivity index (χ2v) is 10.3. The minimum Gasteiger partial charge on any atom is -0.348 e. The van der Waals surface area contributed by atoms with Crippen LogP contribution in [0.2, 0.25) is 10.0 Å². The molecule has 186 valence electrons. The summed E-state index contributed by atoms with van der Waals surface area (Å²) in [5.74, 6) is -1.87. The fraction of sp³-hybridized carbons (Fsp3) is 0.276. The van der Waals surface area contributed by atoms with Crippen molar-refractivity contribution in [2.24, 2.45) is 11.8 Å². The Labute approximate surface area is 221 Å². The van der Waals surface area contributed by atoms with Crippen molar-refractivity contribution < 1.29 is 14.4 Å². The normalized spacial score (nSPS) is 20.1. The van der Waals surface area contributed by atoms with Crippen molar-refractivity contribution in [1.29, 1.82) is 0 Å². The van der Waals surface area contributed by atoms with Crippen LogP contribution < -0.4 is 0 Å². The molecule has 3 aromatic carbocycles. The fourth-order valence-corrected chi connectivity index (χ4v) is 5.50. The highest BCUT2D eigenvalue weighted by Gasteiger charge is 2.45. The molecule has 7 heteroatoms. The lowest BCUT2D eigenvalue weighted by molar-refractivity contribution is -0.130. The monoisotopic (exact) mass is 522 g/mol. The number of hydrogen-bond acceptors (Lipinski definition) is 4. The summed E-state index contributed by atoms with van der Waals surface area (Å²) in [6.07, 6.45) is 0. The lowest BCUT2D eigenvalue weighted by Crippen LogP contribution is -2.52. The fourth-order valence-electron chi connectivity index (χ4n) is 4.96. The van der Waals surface area contributed by atoms with Gasteiger partial charge in [-0.05, 0) is 23.8 Å². The van der Waals surface area contributed by atoms with Crippen LogP contribution in [0.1, 0.15) is 32.2 Å². The molecule has 4 rings (SSSR count). The highest BCUT2D eigenvalue weighted by atomic mass is 35.5. The third-order valence-electron chi connectivity index (χ3n) is 6.69. The first-order valence-corrected chi connectivity index (χ1v) is 12.6. The Bertz CT molecular complexity index is 1170. The Kier molecular flexibility index (Phi) is 8.24. The number of carbonyl (C=O) groups excluding carboxylic acids is 3. The molecule has 1 aliphatic heterocycles. The molecule has 0 bridgehead atoms. The largest absolute Gasteiger partial charge is 0.348 e. The molecule has 1 amide bonds. The van der Waals surface area contributed by atoms with E-state index < -0.39 is 17.8 Å². The Morgan fingerprint density at radius 1 is 0.778 bits per heavy atom. The highest BCUT2D eigenvalue weighted by Crippen LogP contribution is 2.42. The van der Waals surface area contributed by atoms with Crippen LogP contribution in [0, 0.1) is 11.8 Å². The summed E-state index contributed by atoms with van der Waals surface area (Å²) in [4.78, 5) is 43.9. The summed E-state index contributed by atoms with van der Waals surface area (Å²) in [5, 5.41) is 0.888. The van der Waals surface area contributed by atoms with Gasteiger partial charge < -0.3 is 4.90 Å². The van der Waals surface area contributed by atoms with Gasteiger partial charge in [0, 0.05) is 66.1 Å². The van der Waals surface area contributed by atoms with Crippen molar-refractivity contribution in [3.63, 3.8) is 0 Å². The van der Waals surface area contributed by atoms with Crippen LogP contribution in [-0.2, 0) is 4.79 Å². The van der Waals surface area contributed by atoms with Crippen molar-refractivity contribution in [2.45, 2.75) is 5.92 Å². The third-order valence-corrected chi connectivity index (χ3v) is 7.13. The molecule has 0 radical (unpaired) electrons. The zero-order chi connectivity index (χ0) is 25.8. The number of piperidine rings is 1. The molecule has 2 unspecified atom stereocenters. The minimum atomic E-state index is -0.580. The molecule has 36 heavy (non-hydrogen) atoms. The summed E-state index contributed by atoms with van der Waals surface area (Å²) < 4.78 is 0. The second-order valence-electron chi connectivity index (χ2n) is 9.38. The van der Waals surface area contributed by atoms with Gasteiger partial charge in [-0.15, -0.1) is 0 Å². The molecule has 0 aliphatic carbocycles. The van der Waals surface area contributed by atoms with Crippen molar-refractivity contribution in [3.05, 3.63) is 106 Å². The molecule has 3 aromatic rings. The number of likely N-dealkylation sites (tertiary alicyclic amines) is 1. The Hall–Kier alpha value is -2.99. The maximum absolute atomic E-state index is 13.9. The van der Waals surface area contributed by atoms with Gasteiger partial charge in [-0.3, -0.25) is 19.3 Å². The van der Waals surface area contributed by atoms with Gasteiger partial charge in [0.25, 0.3) is 0 Å². The number of nitrogens with zero attached hydrogens (tertiary/aromatic N) is 2. The molecule has 0 aromatic heterocycles. The average Bonchev–Trinajstić information content (AvgIpc) is 2.87. The van der Waals surface area contributed by atoms with Gasteiger partial charge in [0.15, 0.2) is 11.6 Å². The van der Waals surface area contributed by atoms with Crippen LogP contribution >= 0.6 is 23.2 Å². The van der Waals surface area contributed by atoms with Crippen LogP contribution in [-0.4, -0.2) is 61.0 Å². The maximum Gasteiger partial charge on any atom is 0.236 e. The predicted molar refractivity (Wildman–Crippen MR) is 143 cm³/mol. The maximum atomic E-state index is 13.9. The summed E-state index contributed by atoms with van der Waals surface area (Å²) >= 11 is 12.8. The Balaban J connectivity index is 1.83.